The van der Waals surface area contributed by atoms with Gasteiger partial charge in [0.1, 0.15) is 0 Å². The summed E-state index contributed by atoms with van der Waals surface area (Å²) in [5, 5.41) is 21.6. The van der Waals surface area contributed by atoms with Crippen LogP contribution in [0.2, 0.25) is 0 Å². The van der Waals surface area contributed by atoms with E-state index >= 15 is 0 Å². The fraction of sp³-hybridized carbons (Fsp3) is 0.680. The van der Waals surface area contributed by atoms with Crippen molar-refractivity contribution in [2.75, 3.05) is 0 Å². The molecule has 0 saturated heterocycles. The fourth-order valence-electron chi connectivity index (χ4n) is 5.42. The van der Waals surface area contributed by atoms with E-state index in [1.807, 2.05) is 0 Å². The zero-order valence-electron chi connectivity index (χ0n) is 17.2. The maximum Gasteiger partial charge on any atom is 0.0846 e. The SMILES string of the molecule is CCC/C=C/CC1CCC(O)C1c1ccc(C(O)C2(CCC)CCC2)cc1. The third-order valence-corrected chi connectivity index (χ3v) is 7.13. The lowest BCUT2D eigenvalue weighted by Crippen LogP contribution is -2.36. The summed E-state index contributed by atoms with van der Waals surface area (Å²) in [7, 11) is 0. The van der Waals surface area contributed by atoms with Gasteiger partial charge in [-0.2, -0.15) is 0 Å². The highest BCUT2D eigenvalue weighted by molar-refractivity contribution is 5.30. The van der Waals surface area contributed by atoms with Gasteiger partial charge in [-0.3, -0.25) is 0 Å². The zero-order chi connectivity index (χ0) is 19.3. The highest BCUT2D eigenvalue weighted by atomic mass is 16.3. The number of hydrogen-bond donors (Lipinski definition) is 2. The van der Waals surface area contributed by atoms with Crippen molar-refractivity contribution in [1.82, 2.24) is 0 Å². The van der Waals surface area contributed by atoms with E-state index in [0.29, 0.717) is 5.92 Å². The molecule has 27 heavy (non-hydrogen) atoms. The van der Waals surface area contributed by atoms with Gasteiger partial charge in [-0.15, -0.1) is 0 Å². The Morgan fingerprint density at radius 2 is 1.81 bits per heavy atom. The first-order valence-corrected chi connectivity index (χ1v) is 11.2. The normalized spacial score (nSPS) is 28.4. The van der Waals surface area contributed by atoms with Crippen LogP contribution >= 0.6 is 0 Å². The summed E-state index contributed by atoms with van der Waals surface area (Å²) in [6.45, 7) is 4.42. The molecular formula is C25H38O2. The maximum atomic E-state index is 11.0. The standard InChI is InChI=1S/C25H38O2/c1-3-5-6-7-9-19-14-15-22(26)23(19)20-10-12-21(13-11-20)24(27)25(16-4-2)17-8-18-25/h6-7,10-13,19,22-24,26-27H,3-5,8-9,14-18H2,1-2H3/b7-6+. The highest BCUT2D eigenvalue weighted by Gasteiger charge is 2.43. The van der Waals surface area contributed by atoms with E-state index in [1.54, 1.807) is 0 Å². The molecule has 3 rings (SSSR count). The van der Waals surface area contributed by atoms with Gasteiger partial charge in [0.05, 0.1) is 12.2 Å². The number of benzene rings is 1. The van der Waals surface area contributed by atoms with E-state index in [4.69, 9.17) is 0 Å². The number of hydrogen-bond acceptors (Lipinski definition) is 2. The predicted octanol–water partition coefficient (Wildman–Crippen LogP) is 6.29. The Bertz CT molecular complexity index is 599. The smallest absolute Gasteiger partial charge is 0.0846 e. The van der Waals surface area contributed by atoms with Crippen molar-refractivity contribution < 1.29 is 10.2 Å². The molecule has 2 heteroatoms. The molecule has 0 spiro atoms. The van der Waals surface area contributed by atoms with E-state index in [9.17, 15) is 10.2 Å². The molecule has 0 radical (unpaired) electrons. The molecule has 0 aromatic heterocycles. The van der Waals surface area contributed by atoms with E-state index in [0.717, 1.165) is 56.9 Å². The summed E-state index contributed by atoms with van der Waals surface area (Å²) in [5.41, 5.74) is 2.40. The summed E-state index contributed by atoms with van der Waals surface area (Å²) in [6, 6.07) is 8.56. The van der Waals surface area contributed by atoms with Gasteiger partial charge >= 0.3 is 0 Å². The quantitative estimate of drug-likeness (QED) is 0.501. The Morgan fingerprint density at radius 3 is 2.41 bits per heavy atom. The molecule has 1 aromatic carbocycles. The Labute approximate surface area is 165 Å². The molecule has 4 atom stereocenters. The monoisotopic (exact) mass is 370 g/mol. The van der Waals surface area contributed by atoms with Gasteiger partial charge in [0, 0.05) is 11.3 Å². The zero-order valence-corrected chi connectivity index (χ0v) is 17.2. The van der Waals surface area contributed by atoms with E-state index in [1.165, 1.54) is 18.4 Å². The summed E-state index contributed by atoms with van der Waals surface area (Å²) in [4.78, 5) is 0. The van der Waals surface area contributed by atoms with Crippen molar-refractivity contribution in [2.45, 2.75) is 96.2 Å². The Balaban J connectivity index is 1.69. The first-order valence-electron chi connectivity index (χ1n) is 11.2. The number of aliphatic hydroxyl groups is 2. The second-order valence-corrected chi connectivity index (χ2v) is 8.96. The molecule has 2 aliphatic rings. The lowest BCUT2D eigenvalue weighted by atomic mass is 9.61. The van der Waals surface area contributed by atoms with Gasteiger partial charge in [0.2, 0.25) is 0 Å². The molecule has 2 fully saturated rings. The van der Waals surface area contributed by atoms with Crippen LogP contribution in [0.1, 0.15) is 101 Å². The second kappa shape index (κ2) is 9.39. The first-order chi connectivity index (χ1) is 13.1. The average Bonchev–Trinajstić information content (AvgIpc) is 3.02. The lowest BCUT2D eigenvalue weighted by Gasteiger charge is -2.46. The number of rotatable bonds is 9. The van der Waals surface area contributed by atoms with Crippen molar-refractivity contribution in [3.63, 3.8) is 0 Å². The number of aliphatic hydroxyl groups excluding tert-OH is 2. The molecule has 2 N–H and O–H groups in total. The van der Waals surface area contributed by atoms with Crippen LogP contribution in [0.25, 0.3) is 0 Å². The second-order valence-electron chi connectivity index (χ2n) is 8.96. The predicted molar refractivity (Wildman–Crippen MR) is 113 cm³/mol. The molecule has 0 aliphatic heterocycles. The van der Waals surface area contributed by atoms with Gasteiger partial charge in [-0.25, -0.2) is 0 Å². The van der Waals surface area contributed by atoms with Gasteiger partial charge in [0.15, 0.2) is 0 Å². The van der Waals surface area contributed by atoms with Gasteiger partial charge < -0.3 is 10.2 Å². The van der Waals surface area contributed by atoms with Crippen LogP contribution < -0.4 is 0 Å². The maximum absolute atomic E-state index is 11.0. The summed E-state index contributed by atoms with van der Waals surface area (Å²) < 4.78 is 0. The highest BCUT2D eigenvalue weighted by Crippen LogP contribution is 2.53. The summed E-state index contributed by atoms with van der Waals surface area (Å²) in [5.74, 6) is 0.762. The molecule has 4 unspecified atom stereocenters. The van der Waals surface area contributed by atoms with Crippen LogP contribution in [0.4, 0.5) is 0 Å². The minimum atomic E-state index is -0.346. The van der Waals surface area contributed by atoms with Crippen LogP contribution in [0.5, 0.6) is 0 Å². The van der Waals surface area contributed by atoms with Crippen molar-refractivity contribution in [3.05, 3.63) is 47.5 Å². The third-order valence-electron chi connectivity index (χ3n) is 7.13. The van der Waals surface area contributed by atoms with Gasteiger partial charge in [-0.05, 0) is 62.0 Å². The molecule has 2 nitrogen and oxygen atoms in total. The van der Waals surface area contributed by atoms with Crippen LogP contribution in [0, 0.1) is 11.3 Å². The summed E-state index contributed by atoms with van der Waals surface area (Å²) >= 11 is 0. The third kappa shape index (κ3) is 4.49. The molecular weight excluding hydrogens is 332 g/mol. The first kappa shape index (κ1) is 20.6. The number of allylic oxidation sites excluding steroid dienone is 2. The van der Waals surface area contributed by atoms with Crippen LogP contribution in [0.15, 0.2) is 36.4 Å². The van der Waals surface area contributed by atoms with Crippen molar-refractivity contribution >= 4 is 0 Å². The van der Waals surface area contributed by atoms with Crippen molar-refractivity contribution in [3.8, 4) is 0 Å². The average molecular weight is 371 g/mol. The minimum Gasteiger partial charge on any atom is -0.392 e. The molecule has 0 bridgehead atoms. The molecule has 2 saturated carbocycles. The molecule has 2 aliphatic carbocycles. The van der Waals surface area contributed by atoms with Crippen LogP contribution in [0.3, 0.4) is 0 Å². The molecule has 150 valence electrons. The fourth-order valence-corrected chi connectivity index (χ4v) is 5.42. The Morgan fingerprint density at radius 1 is 1.07 bits per heavy atom. The molecule has 0 heterocycles. The van der Waals surface area contributed by atoms with E-state index in [-0.39, 0.29) is 23.5 Å². The van der Waals surface area contributed by atoms with Gasteiger partial charge in [0.25, 0.3) is 0 Å². The van der Waals surface area contributed by atoms with Crippen LogP contribution in [-0.4, -0.2) is 16.3 Å². The topological polar surface area (TPSA) is 40.5 Å². The number of unbranched alkanes of at least 4 members (excludes halogenated alkanes) is 1. The largest absolute Gasteiger partial charge is 0.392 e. The minimum absolute atomic E-state index is 0.107. The van der Waals surface area contributed by atoms with E-state index < -0.39 is 0 Å². The summed E-state index contributed by atoms with van der Waals surface area (Å²) in [6.07, 6.45) is 15.2. The lowest BCUT2D eigenvalue weighted by molar-refractivity contribution is -0.0440. The van der Waals surface area contributed by atoms with Crippen LogP contribution in [-0.2, 0) is 0 Å². The Hall–Kier alpha value is -1.12. The van der Waals surface area contributed by atoms with Crippen molar-refractivity contribution in [1.29, 1.82) is 0 Å². The molecule has 1 aromatic rings. The Kier molecular flexibility index (Phi) is 7.16. The van der Waals surface area contributed by atoms with Gasteiger partial charge in [-0.1, -0.05) is 69.5 Å². The van der Waals surface area contributed by atoms with E-state index in [2.05, 4.69) is 50.3 Å². The van der Waals surface area contributed by atoms with Crippen molar-refractivity contribution in [2.24, 2.45) is 11.3 Å². The molecule has 0 amide bonds.